The molecule has 2 aliphatic rings. The zero-order valence-electron chi connectivity index (χ0n) is 16.0. The van der Waals surface area contributed by atoms with Crippen LogP contribution in [0.2, 0.25) is 0 Å². The van der Waals surface area contributed by atoms with Crippen LogP contribution in [0.1, 0.15) is 85.5 Å². The summed E-state index contributed by atoms with van der Waals surface area (Å²) < 4.78 is 5.78. The first-order valence-corrected chi connectivity index (χ1v) is 10.0. The molecule has 1 radical (unpaired) electrons. The Labute approximate surface area is 147 Å². The van der Waals surface area contributed by atoms with E-state index in [1.54, 1.807) is 0 Å². The summed E-state index contributed by atoms with van der Waals surface area (Å²) >= 11 is 0. The molecule has 0 bridgehead atoms. The van der Waals surface area contributed by atoms with Gasteiger partial charge in [-0.3, -0.25) is 9.59 Å². The second kappa shape index (κ2) is 8.60. The summed E-state index contributed by atoms with van der Waals surface area (Å²) in [5.74, 6) is 0.498. The molecule has 3 heteroatoms. The predicted molar refractivity (Wildman–Crippen MR) is 96.7 cm³/mol. The predicted octanol–water partition coefficient (Wildman–Crippen LogP) is 4.92. The van der Waals surface area contributed by atoms with E-state index < -0.39 is 0 Å². The third-order valence-electron chi connectivity index (χ3n) is 5.93. The maximum absolute atomic E-state index is 12.6. The second-order valence-corrected chi connectivity index (χ2v) is 8.13. The maximum Gasteiger partial charge on any atom is 0.155 e. The topological polar surface area (TPSA) is 43.4 Å². The molecule has 0 heterocycles. The molecule has 0 aliphatic heterocycles. The quantitative estimate of drug-likeness (QED) is 0.475. The van der Waals surface area contributed by atoms with Crippen molar-refractivity contribution in [2.45, 2.75) is 91.6 Å². The maximum atomic E-state index is 12.6. The zero-order chi connectivity index (χ0) is 17.7. The van der Waals surface area contributed by atoms with E-state index in [9.17, 15) is 9.59 Å². The highest BCUT2D eigenvalue weighted by Crippen LogP contribution is 2.65. The summed E-state index contributed by atoms with van der Waals surface area (Å²) in [6.07, 6.45) is 10.6. The number of ether oxygens (including phenoxy) is 1. The van der Waals surface area contributed by atoms with Crippen LogP contribution in [-0.4, -0.2) is 24.3 Å². The lowest BCUT2D eigenvalue weighted by atomic mass is 9.85. The minimum Gasteiger partial charge on any atom is -0.377 e. The van der Waals surface area contributed by atoms with Crippen LogP contribution < -0.4 is 0 Å². The van der Waals surface area contributed by atoms with Crippen LogP contribution in [0.4, 0.5) is 0 Å². The van der Waals surface area contributed by atoms with Crippen LogP contribution in [0.15, 0.2) is 0 Å². The van der Waals surface area contributed by atoms with Gasteiger partial charge in [-0.2, -0.15) is 0 Å². The average Bonchev–Trinajstić information content (AvgIpc) is 2.99. The van der Waals surface area contributed by atoms with Gasteiger partial charge in [0.05, 0.1) is 6.10 Å². The molecule has 3 atom stereocenters. The standard InChI is InChI=1S/C21H35O3/c1-5-7-8-9-10-11-12-13-14-15(24-6-2)16-19(22)17-18(20(16)23)21(17,3)4/h15,17-18H,5-14H2,1-4H3. The number of unbranched alkanes of at least 4 members (excludes halogenated alkanes) is 7. The highest BCUT2D eigenvalue weighted by molar-refractivity contribution is 6.28. The van der Waals surface area contributed by atoms with Crippen molar-refractivity contribution in [2.24, 2.45) is 17.3 Å². The number of ketones is 2. The van der Waals surface area contributed by atoms with E-state index in [2.05, 4.69) is 6.92 Å². The number of hydrogen-bond donors (Lipinski definition) is 0. The molecular weight excluding hydrogens is 300 g/mol. The molecule has 0 saturated heterocycles. The smallest absolute Gasteiger partial charge is 0.155 e. The van der Waals surface area contributed by atoms with Gasteiger partial charge in [0.25, 0.3) is 0 Å². The van der Waals surface area contributed by atoms with Crippen LogP contribution in [-0.2, 0) is 14.3 Å². The van der Waals surface area contributed by atoms with Crippen LogP contribution >= 0.6 is 0 Å². The van der Waals surface area contributed by atoms with Gasteiger partial charge >= 0.3 is 0 Å². The number of carbonyl (C=O) groups is 2. The van der Waals surface area contributed by atoms with Crippen molar-refractivity contribution >= 4 is 11.6 Å². The van der Waals surface area contributed by atoms with E-state index in [1.807, 2.05) is 20.8 Å². The van der Waals surface area contributed by atoms with Gasteiger partial charge in [0, 0.05) is 18.4 Å². The van der Waals surface area contributed by atoms with E-state index in [1.165, 1.54) is 44.9 Å². The second-order valence-electron chi connectivity index (χ2n) is 8.13. The molecule has 0 aromatic heterocycles. The third kappa shape index (κ3) is 4.09. The molecule has 0 spiro atoms. The van der Waals surface area contributed by atoms with E-state index >= 15 is 0 Å². The SMILES string of the molecule is CCCCCCCCCCC(OCC)[C]1C(=O)C2C(C1=O)C2(C)C. The van der Waals surface area contributed by atoms with Crippen molar-refractivity contribution in [3.05, 3.63) is 5.92 Å². The molecule has 2 fully saturated rings. The van der Waals surface area contributed by atoms with Gasteiger partial charge in [-0.05, 0) is 18.8 Å². The van der Waals surface area contributed by atoms with Gasteiger partial charge in [-0.15, -0.1) is 0 Å². The number of rotatable bonds is 12. The molecule has 3 nitrogen and oxygen atoms in total. The minimum atomic E-state index is -0.265. The Morgan fingerprint density at radius 1 is 0.875 bits per heavy atom. The van der Waals surface area contributed by atoms with E-state index in [0.29, 0.717) is 12.5 Å². The van der Waals surface area contributed by atoms with Crippen LogP contribution in [0.25, 0.3) is 0 Å². The highest BCUT2D eigenvalue weighted by Gasteiger charge is 2.73. The van der Waals surface area contributed by atoms with E-state index in [0.717, 1.165) is 12.8 Å². The fourth-order valence-electron chi connectivity index (χ4n) is 4.37. The summed E-state index contributed by atoms with van der Waals surface area (Å²) in [5.41, 5.74) is -0.118. The lowest BCUT2D eigenvalue weighted by Crippen LogP contribution is -2.35. The monoisotopic (exact) mass is 335 g/mol. The Bertz CT molecular complexity index is 416. The number of hydrogen-bond acceptors (Lipinski definition) is 3. The Kier molecular flexibility index (Phi) is 7.03. The first-order valence-electron chi connectivity index (χ1n) is 10.0. The van der Waals surface area contributed by atoms with Crippen LogP contribution in [0.3, 0.4) is 0 Å². The summed E-state index contributed by atoms with van der Waals surface area (Å²) in [4.78, 5) is 25.2. The van der Waals surface area contributed by atoms with Crippen molar-refractivity contribution in [3.8, 4) is 0 Å². The fourth-order valence-corrected chi connectivity index (χ4v) is 4.37. The summed E-state index contributed by atoms with van der Waals surface area (Å²) in [7, 11) is 0. The van der Waals surface area contributed by atoms with Gasteiger partial charge in [0.1, 0.15) is 5.92 Å². The summed E-state index contributed by atoms with van der Waals surface area (Å²) in [6.45, 7) is 8.80. The van der Waals surface area contributed by atoms with Gasteiger partial charge in [-0.1, -0.05) is 72.1 Å². The van der Waals surface area contributed by atoms with Gasteiger partial charge in [0.15, 0.2) is 11.6 Å². The fraction of sp³-hybridized carbons (Fsp3) is 0.857. The number of carbonyl (C=O) groups excluding carboxylic acids is 2. The molecule has 2 aliphatic carbocycles. The summed E-state index contributed by atoms with van der Waals surface area (Å²) in [6, 6.07) is 0. The molecule has 0 aromatic rings. The molecular formula is C21H35O3. The van der Waals surface area contributed by atoms with Crippen molar-refractivity contribution < 1.29 is 14.3 Å². The summed E-state index contributed by atoms with van der Waals surface area (Å²) in [5, 5.41) is 0. The number of fused-ring (bicyclic) bond motifs is 1. The molecule has 0 aromatic carbocycles. The van der Waals surface area contributed by atoms with Crippen molar-refractivity contribution in [1.29, 1.82) is 0 Å². The Balaban J connectivity index is 1.73. The molecule has 2 rings (SSSR count). The molecule has 3 unspecified atom stereocenters. The molecule has 0 amide bonds. The number of Topliss-reactive ketones (excluding diaryl/α,β-unsaturated/α-hetero) is 2. The first kappa shape index (κ1) is 19.6. The molecule has 137 valence electrons. The largest absolute Gasteiger partial charge is 0.377 e. The van der Waals surface area contributed by atoms with Crippen molar-refractivity contribution in [3.63, 3.8) is 0 Å². The van der Waals surface area contributed by atoms with Gasteiger partial charge < -0.3 is 4.74 Å². The normalized spacial score (nSPS) is 26.7. The lowest BCUT2D eigenvalue weighted by molar-refractivity contribution is -0.126. The first-order chi connectivity index (χ1) is 11.5. The molecule has 24 heavy (non-hydrogen) atoms. The Morgan fingerprint density at radius 2 is 1.38 bits per heavy atom. The van der Waals surface area contributed by atoms with Gasteiger partial charge in [0.2, 0.25) is 0 Å². The highest BCUT2D eigenvalue weighted by atomic mass is 16.5. The Hall–Kier alpha value is -0.700. The molecule has 0 N–H and O–H groups in total. The molecule has 2 saturated carbocycles. The average molecular weight is 336 g/mol. The zero-order valence-corrected chi connectivity index (χ0v) is 16.0. The lowest BCUT2D eigenvalue weighted by Gasteiger charge is -2.24. The van der Waals surface area contributed by atoms with E-state index in [-0.39, 0.29) is 34.9 Å². The van der Waals surface area contributed by atoms with E-state index in [4.69, 9.17) is 4.74 Å². The van der Waals surface area contributed by atoms with Crippen molar-refractivity contribution in [1.82, 2.24) is 0 Å². The van der Waals surface area contributed by atoms with Crippen molar-refractivity contribution in [2.75, 3.05) is 6.61 Å². The van der Waals surface area contributed by atoms with Crippen LogP contribution in [0, 0.1) is 23.2 Å². The third-order valence-corrected chi connectivity index (χ3v) is 5.93. The van der Waals surface area contributed by atoms with Gasteiger partial charge in [-0.25, -0.2) is 0 Å². The minimum absolute atomic E-state index is 0.0680. The van der Waals surface area contributed by atoms with Crippen LogP contribution in [0.5, 0.6) is 0 Å². The Morgan fingerprint density at radius 3 is 1.88 bits per heavy atom.